The number of ketones is 1. The summed E-state index contributed by atoms with van der Waals surface area (Å²) in [6, 6.07) is 13.4. The molecule has 0 aromatic heterocycles. The highest BCUT2D eigenvalue weighted by atomic mass is 79.9. The van der Waals surface area contributed by atoms with Crippen molar-refractivity contribution in [3.63, 3.8) is 0 Å². The smallest absolute Gasteiger partial charge is 0.258 e. The molecule has 2 aromatic rings. The lowest BCUT2D eigenvalue weighted by molar-refractivity contribution is 0.0966. The third kappa shape index (κ3) is 4.83. The molecule has 0 fully saturated rings. The summed E-state index contributed by atoms with van der Waals surface area (Å²) < 4.78 is 13.5. The fraction of sp³-hybridized carbons (Fsp3) is 0.480. The van der Waals surface area contributed by atoms with E-state index in [0.717, 1.165) is 15.8 Å². The Morgan fingerprint density at radius 3 is 1.87 bits per heavy atom. The number of hydrogen-bond donors (Lipinski definition) is 0. The minimum absolute atomic E-state index is 0.0903. The molecule has 164 valence electrons. The van der Waals surface area contributed by atoms with Crippen LogP contribution in [0.3, 0.4) is 0 Å². The lowest BCUT2D eigenvalue weighted by Crippen LogP contribution is -2.50. The zero-order valence-corrected chi connectivity index (χ0v) is 22.0. The van der Waals surface area contributed by atoms with Gasteiger partial charge >= 0.3 is 0 Å². The van der Waals surface area contributed by atoms with Crippen molar-refractivity contribution in [3.05, 3.63) is 58.1 Å². The third-order valence-electron chi connectivity index (χ3n) is 6.19. The molecule has 0 N–H and O–H groups in total. The molecule has 0 radical (unpaired) electrons. The first-order valence-electron chi connectivity index (χ1n) is 10.7. The normalized spacial score (nSPS) is 13.1. The molecule has 2 aromatic carbocycles. The summed E-state index contributed by atoms with van der Waals surface area (Å²) in [5.41, 5.74) is 2.96. The maximum absolute atomic E-state index is 13.1. The molecule has 1 atom stereocenters. The number of Topliss-reactive ketones (excluding diaryl/α,β-unsaturated/α-hetero) is 1. The van der Waals surface area contributed by atoms with Crippen molar-refractivity contribution < 1.29 is 14.0 Å². The topological polar surface area (TPSA) is 35.5 Å². The van der Waals surface area contributed by atoms with E-state index in [-0.39, 0.29) is 11.7 Å². The number of carbonyl (C=O) groups is 1. The summed E-state index contributed by atoms with van der Waals surface area (Å²) in [5.74, 6) is 1.23. The Morgan fingerprint density at radius 2 is 1.40 bits per heavy atom. The third-order valence-corrected chi connectivity index (χ3v) is 12.9. The van der Waals surface area contributed by atoms with E-state index in [4.69, 9.17) is 9.16 Å². The summed E-state index contributed by atoms with van der Waals surface area (Å²) in [5, 5.41) is 0. The fourth-order valence-electron chi connectivity index (χ4n) is 4.66. The second-order valence-corrected chi connectivity index (χ2v) is 15.1. The largest absolute Gasteiger partial charge is 0.540 e. The predicted molar refractivity (Wildman–Crippen MR) is 132 cm³/mol. The van der Waals surface area contributed by atoms with Gasteiger partial charge in [0.25, 0.3) is 8.32 Å². The minimum atomic E-state index is -2.16. The summed E-state index contributed by atoms with van der Waals surface area (Å²) in [4.78, 5) is 13.1. The van der Waals surface area contributed by atoms with Gasteiger partial charge in [-0.2, -0.15) is 0 Å². The van der Waals surface area contributed by atoms with Gasteiger partial charge in [-0.05, 0) is 34.3 Å². The summed E-state index contributed by atoms with van der Waals surface area (Å²) in [6.45, 7) is 15.5. The van der Waals surface area contributed by atoms with Crippen molar-refractivity contribution in [2.45, 2.75) is 71.0 Å². The van der Waals surface area contributed by atoms with Crippen LogP contribution in [-0.2, 0) is 0 Å². The first kappa shape index (κ1) is 24.7. The van der Waals surface area contributed by atoms with Crippen molar-refractivity contribution in [1.29, 1.82) is 0 Å². The van der Waals surface area contributed by atoms with Gasteiger partial charge in [0, 0.05) is 16.0 Å². The van der Waals surface area contributed by atoms with Crippen LogP contribution in [0, 0.1) is 0 Å². The Labute approximate surface area is 191 Å². The van der Waals surface area contributed by atoms with Gasteiger partial charge in [-0.25, -0.2) is 0 Å². The van der Waals surface area contributed by atoms with Crippen molar-refractivity contribution in [2.75, 3.05) is 7.11 Å². The van der Waals surface area contributed by atoms with E-state index in [2.05, 4.69) is 57.5 Å². The Hall–Kier alpha value is -1.59. The first-order valence-corrected chi connectivity index (χ1v) is 13.6. The van der Waals surface area contributed by atoms with Crippen LogP contribution in [-0.4, -0.2) is 21.2 Å². The summed E-state index contributed by atoms with van der Waals surface area (Å²) in [6.07, 6.45) is 0. The molecule has 0 aliphatic rings. The molecule has 0 amide bonds. The second kappa shape index (κ2) is 10.1. The van der Waals surface area contributed by atoms with Crippen molar-refractivity contribution in [3.8, 4) is 11.5 Å². The quantitative estimate of drug-likeness (QED) is 0.263. The van der Waals surface area contributed by atoms with E-state index >= 15 is 0 Å². The monoisotopic (exact) mass is 490 g/mol. The van der Waals surface area contributed by atoms with Crippen LogP contribution in [0.5, 0.6) is 11.5 Å². The molecule has 0 saturated heterocycles. The molecule has 3 nitrogen and oxygen atoms in total. The molecule has 0 heterocycles. The Morgan fingerprint density at radius 1 is 0.867 bits per heavy atom. The number of hydrogen-bond acceptors (Lipinski definition) is 3. The van der Waals surface area contributed by atoms with Crippen LogP contribution >= 0.6 is 15.9 Å². The average molecular weight is 492 g/mol. The highest BCUT2D eigenvalue weighted by Crippen LogP contribution is 2.46. The number of rotatable bonds is 9. The fourth-order valence-corrected chi connectivity index (χ4v) is 10.6. The van der Waals surface area contributed by atoms with Crippen molar-refractivity contribution >= 4 is 30.0 Å². The van der Waals surface area contributed by atoms with E-state index < -0.39 is 8.32 Å². The van der Waals surface area contributed by atoms with Crippen molar-refractivity contribution in [1.82, 2.24) is 0 Å². The van der Waals surface area contributed by atoms with E-state index in [1.165, 1.54) is 0 Å². The van der Waals surface area contributed by atoms with Crippen LogP contribution in [0.1, 0.15) is 70.3 Å². The molecule has 2 rings (SSSR count). The van der Waals surface area contributed by atoms with Crippen LogP contribution < -0.4 is 9.16 Å². The van der Waals surface area contributed by atoms with Crippen LogP contribution in [0.25, 0.3) is 0 Å². The van der Waals surface area contributed by atoms with Crippen LogP contribution in [0.2, 0.25) is 16.6 Å². The molecule has 1 unspecified atom stereocenters. The Kier molecular flexibility index (Phi) is 8.34. The van der Waals surface area contributed by atoms with Gasteiger partial charge < -0.3 is 9.16 Å². The van der Waals surface area contributed by atoms with Gasteiger partial charge in [0.15, 0.2) is 11.5 Å². The van der Waals surface area contributed by atoms with Crippen LogP contribution in [0.4, 0.5) is 0 Å². The number of ether oxygens (including phenoxy) is 1. The van der Waals surface area contributed by atoms with E-state index in [1.807, 2.05) is 49.4 Å². The lowest BCUT2D eigenvalue weighted by Gasteiger charge is -2.42. The molecule has 0 aliphatic heterocycles. The highest BCUT2D eigenvalue weighted by Gasteiger charge is 2.47. The standard InChI is InChI=1S/C25H35BrO3Si/c1-16(2)30(17(3)4,18(5)6)29-24-14-21(22(26)15-23(24)28-8)19(7)25(27)20-12-10-9-11-13-20/h9-19H,1-8H3. The second-order valence-electron chi connectivity index (χ2n) is 8.90. The molecule has 0 saturated carbocycles. The molecule has 0 aliphatic carbocycles. The number of benzene rings is 2. The van der Waals surface area contributed by atoms with Gasteiger partial charge in [-0.1, -0.05) is 94.7 Å². The van der Waals surface area contributed by atoms with Gasteiger partial charge in [-0.3, -0.25) is 4.79 Å². The Bertz CT molecular complexity index is 840. The summed E-state index contributed by atoms with van der Waals surface area (Å²) >= 11 is 3.65. The number of methoxy groups -OCH3 is 1. The molecular formula is C25H35BrO3Si. The van der Waals surface area contributed by atoms with Gasteiger partial charge in [0.2, 0.25) is 0 Å². The first-order chi connectivity index (χ1) is 14.1. The molecule has 30 heavy (non-hydrogen) atoms. The van der Waals surface area contributed by atoms with E-state index in [9.17, 15) is 4.79 Å². The molecule has 5 heteroatoms. The van der Waals surface area contributed by atoms with Gasteiger partial charge in [-0.15, -0.1) is 0 Å². The highest BCUT2D eigenvalue weighted by molar-refractivity contribution is 9.10. The molecule has 0 spiro atoms. The molecule has 0 bridgehead atoms. The maximum Gasteiger partial charge on any atom is 0.258 e. The Balaban J connectivity index is 2.55. The number of carbonyl (C=O) groups excluding carboxylic acids is 1. The predicted octanol–water partition coefficient (Wildman–Crippen LogP) is 8.00. The molecular weight excluding hydrogens is 456 g/mol. The average Bonchev–Trinajstić information content (AvgIpc) is 2.71. The maximum atomic E-state index is 13.1. The van der Waals surface area contributed by atoms with Crippen LogP contribution in [0.15, 0.2) is 46.9 Å². The zero-order chi connectivity index (χ0) is 22.6. The lowest BCUT2D eigenvalue weighted by atomic mass is 9.92. The SMILES string of the molecule is COc1cc(Br)c(C(C)C(=O)c2ccccc2)cc1O[Si](C(C)C)(C(C)C)C(C)C. The van der Waals surface area contributed by atoms with E-state index in [0.29, 0.717) is 27.9 Å². The van der Waals surface area contributed by atoms with Crippen molar-refractivity contribution in [2.24, 2.45) is 0 Å². The number of halogens is 1. The summed E-state index contributed by atoms with van der Waals surface area (Å²) in [7, 11) is -0.500. The zero-order valence-electron chi connectivity index (χ0n) is 19.5. The van der Waals surface area contributed by atoms with E-state index in [1.54, 1.807) is 7.11 Å². The minimum Gasteiger partial charge on any atom is -0.540 e. The van der Waals surface area contributed by atoms with Gasteiger partial charge in [0.05, 0.1) is 7.11 Å². The van der Waals surface area contributed by atoms with Gasteiger partial charge in [0.1, 0.15) is 5.75 Å².